The first-order valence-electron chi connectivity index (χ1n) is 19.5. The molecule has 0 spiro atoms. The number of pyridine rings is 3. The van der Waals surface area contributed by atoms with Crippen molar-refractivity contribution >= 4 is 0 Å². The number of hydrogen-bond acceptors (Lipinski definition) is 7. The molecule has 0 saturated heterocycles. The summed E-state index contributed by atoms with van der Waals surface area (Å²) in [5.41, 5.74) is 15.4. The minimum atomic E-state index is -0.304. The maximum atomic E-state index is 9.74. The van der Waals surface area contributed by atoms with E-state index in [0.29, 0.717) is 23.0 Å². The van der Waals surface area contributed by atoms with Crippen molar-refractivity contribution in [2.45, 2.75) is 19.3 Å². The standard InChI is InChI=1S/C52H35N7/c1-52(2)45-25-33(32-53)13-15-43(45)44-16-14-38(29-46(44)52)39-26-40(41-30-47(34-17-21-54-22-18-34)56-48(31-41)35-19-23-55-24-20-35)28-42(27-39)51-58-49(36-9-5-3-6-10-36)57-50(59-51)37-11-7-4-8-12-37/h3-31H,1-2H3. The van der Waals surface area contributed by atoms with E-state index in [1.807, 2.05) is 97.1 Å². The number of benzene rings is 5. The molecule has 0 atom stereocenters. The van der Waals surface area contributed by atoms with Crippen LogP contribution in [0.15, 0.2) is 176 Å². The second-order valence-corrected chi connectivity index (χ2v) is 15.2. The summed E-state index contributed by atoms with van der Waals surface area (Å²) in [5, 5.41) is 9.74. The molecule has 1 aliphatic carbocycles. The Hall–Kier alpha value is -7.95. The molecule has 0 N–H and O–H groups in total. The molecule has 10 rings (SSSR count). The van der Waals surface area contributed by atoms with Gasteiger partial charge >= 0.3 is 0 Å². The van der Waals surface area contributed by atoms with E-state index in [0.717, 1.165) is 67.0 Å². The van der Waals surface area contributed by atoms with Crippen molar-refractivity contribution in [1.82, 2.24) is 29.9 Å². The first-order chi connectivity index (χ1) is 28.9. The van der Waals surface area contributed by atoms with Crippen molar-refractivity contribution in [3.05, 3.63) is 193 Å². The van der Waals surface area contributed by atoms with Gasteiger partial charge in [0, 0.05) is 58.0 Å². The van der Waals surface area contributed by atoms with E-state index < -0.39 is 0 Å². The lowest BCUT2D eigenvalue weighted by Gasteiger charge is -2.22. The summed E-state index contributed by atoms with van der Waals surface area (Å²) in [6.45, 7) is 4.48. The summed E-state index contributed by atoms with van der Waals surface area (Å²) in [6, 6.07) is 54.0. The average molecular weight is 758 g/mol. The lowest BCUT2D eigenvalue weighted by atomic mass is 9.81. The third-order valence-corrected chi connectivity index (χ3v) is 11.1. The van der Waals surface area contributed by atoms with Gasteiger partial charge in [-0.1, -0.05) is 92.7 Å². The third kappa shape index (κ3) is 6.63. The zero-order valence-corrected chi connectivity index (χ0v) is 32.4. The Morgan fingerprint density at radius 3 is 1.39 bits per heavy atom. The summed E-state index contributed by atoms with van der Waals surface area (Å²) in [5.74, 6) is 1.76. The summed E-state index contributed by atoms with van der Waals surface area (Å²) in [7, 11) is 0. The molecule has 0 aliphatic heterocycles. The van der Waals surface area contributed by atoms with Crippen LogP contribution >= 0.6 is 0 Å². The van der Waals surface area contributed by atoms with Gasteiger partial charge in [-0.25, -0.2) is 19.9 Å². The fourth-order valence-electron chi connectivity index (χ4n) is 8.05. The average Bonchev–Trinajstić information content (AvgIpc) is 3.54. The lowest BCUT2D eigenvalue weighted by molar-refractivity contribution is 0.660. The molecule has 1 aliphatic rings. The summed E-state index contributed by atoms with van der Waals surface area (Å²) in [6.07, 6.45) is 7.16. The van der Waals surface area contributed by atoms with Crippen molar-refractivity contribution in [2.75, 3.05) is 0 Å². The molecule has 7 nitrogen and oxygen atoms in total. The molecule has 0 bridgehead atoms. The molecule has 59 heavy (non-hydrogen) atoms. The van der Waals surface area contributed by atoms with Gasteiger partial charge in [-0.15, -0.1) is 0 Å². The number of hydrogen-bond donors (Lipinski definition) is 0. The second kappa shape index (κ2) is 14.5. The number of nitrogens with zero attached hydrogens (tertiary/aromatic N) is 7. The van der Waals surface area contributed by atoms with E-state index in [1.54, 1.807) is 24.8 Å². The molecule has 0 fully saturated rings. The summed E-state index contributed by atoms with van der Waals surface area (Å²) in [4.78, 5) is 28.9. The molecule has 4 heterocycles. The van der Waals surface area contributed by atoms with Gasteiger partial charge in [0.15, 0.2) is 17.5 Å². The van der Waals surface area contributed by atoms with Gasteiger partial charge < -0.3 is 0 Å². The first-order valence-corrected chi connectivity index (χ1v) is 19.5. The lowest BCUT2D eigenvalue weighted by Crippen LogP contribution is -2.15. The quantitative estimate of drug-likeness (QED) is 0.159. The number of fused-ring (bicyclic) bond motifs is 3. The Balaban J connectivity index is 1.21. The Morgan fingerprint density at radius 1 is 0.390 bits per heavy atom. The zero-order chi connectivity index (χ0) is 39.9. The smallest absolute Gasteiger partial charge is 0.164 e. The highest BCUT2D eigenvalue weighted by Gasteiger charge is 2.36. The van der Waals surface area contributed by atoms with Crippen LogP contribution in [-0.4, -0.2) is 29.9 Å². The number of rotatable bonds is 7. The molecule has 5 aromatic carbocycles. The van der Waals surface area contributed by atoms with Crippen LogP contribution in [0.4, 0.5) is 0 Å². The molecule has 0 radical (unpaired) electrons. The largest absolute Gasteiger partial charge is 0.265 e. The molecule has 0 amide bonds. The van der Waals surface area contributed by atoms with Gasteiger partial charge in [-0.05, 0) is 117 Å². The zero-order valence-electron chi connectivity index (χ0n) is 32.4. The molecule has 9 aromatic rings. The van der Waals surface area contributed by atoms with E-state index >= 15 is 0 Å². The van der Waals surface area contributed by atoms with Crippen LogP contribution in [0.2, 0.25) is 0 Å². The minimum absolute atomic E-state index is 0.304. The molecule has 0 unspecified atom stereocenters. The molecule has 4 aromatic heterocycles. The molecular weight excluding hydrogens is 723 g/mol. The highest BCUT2D eigenvalue weighted by Crippen LogP contribution is 2.50. The Morgan fingerprint density at radius 2 is 0.847 bits per heavy atom. The van der Waals surface area contributed by atoms with E-state index in [-0.39, 0.29) is 5.41 Å². The van der Waals surface area contributed by atoms with Gasteiger partial charge in [-0.3, -0.25) is 9.97 Å². The van der Waals surface area contributed by atoms with Crippen molar-refractivity contribution in [3.8, 4) is 96.1 Å². The van der Waals surface area contributed by atoms with Crippen LogP contribution in [-0.2, 0) is 5.41 Å². The maximum absolute atomic E-state index is 9.74. The monoisotopic (exact) mass is 757 g/mol. The highest BCUT2D eigenvalue weighted by atomic mass is 15.0. The molecule has 0 saturated carbocycles. The predicted molar refractivity (Wildman–Crippen MR) is 234 cm³/mol. The highest BCUT2D eigenvalue weighted by molar-refractivity contribution is 5.87. The third-order valence-electron chi connectivity index (χ3n) is 11.1. The van der Waals surface area contributed by atoms with Crippen molar-refractivity contribution in [2.24, 2.45) is 0 Å². The van der Waals surface area contributed by atoms with E-state index in [9.17, 15) is 5.26 Å². The summed E-state index contributed by atoms with van der Waals surface area (Å²) >= 11 is 0. The Kier molecular flexibility index (Phi) is 8.73. The van der Waals surface area contributed by atoms with E-state index in [2.05, 4.69) is 84.5 Å². The van der Waals surface area contributed by atoms with Crippen molar-refractivity contribution in [3.63, 3.8) is 0 Å². The Labute approximate surface area is 342 Å². The molecular formula is C52H35N7. The van der Waals surface area contributed by atoms with Crippen LogP contribution in [0.5, 0.6) is 0 Å². The fourth-order valence-corrected chi connectivity index (χ4v) is 8.05. The molecule has 7 heteroatoms. The van der Waals surface area contributed by atoms with Gasteiger partial charge in [0.2, 0.25) is 0 Å². The van der Waals surface area contributed by atoms with Crippen LogP contribution in [0.25, 0.3) is 90.1 Å². The minimum Gasteiger partial charge on any atom is -0.265 e. The SMILES string of the molecule is CC1(C)c2cc(C#N)ccc2-c2ccc(-c3cc(-c4cc(-c5ccncc5)nc(-c5ccncc5)c4)cc(-c4nc(-c5ccccc5)nc(-c5ccccc5)n4)c3)cc21. The first kappa shape index (κ1) is 35.5. The van der Waals surface area contributed by atoms with Crippen LogP contribution in [0.3, 0.4) is 0 Å². The normalized spacial score (nSPS) is 12.4. The Bertz CT molecular complexity index is 2810. The van der Waals surface area contributed by atoms with Gasteiger partial charge in [0.1, 0.15) is 0 Å². The number of nitriles is 1. The van der Waals surface area contributed by atoms with Crippen molar-refractivity contribution < 1.29 is 0 Å². The fraction of sp³-hybridized carbons (Fsp3) is 0.0577. The number of aromatic nitrogens is 6. The predicted octanol–water partition coefficient (Wildman–Crippen LogP) is 11.9. The van der Waals surface area contributed by atoms with E-state index in [4.69, 9.17) is 19.9 Å². The summed E-state index contributed by atoms with van der Waals surface area (Å²) < 4.78 is 0. The van der Waals surface area contributed by atoms with Crippen LogP contribution in [0, 0.1) is 11.3 Å². The van der Waals surface area contributed by atoms with Gasteiger partial charge in [-0.2, -0.15) is 5.26 Å². The van der Waals surface area contributed by atoms with Gasteiger partial charge in [0.05, 0.1) is 23.0 Å². The van der Waals surface area contributed by atoms with Gasteiger partial charge in [0.25, 0.3) is 0 Å². The van der Waals surface area contributed by atoms with Crippen molar-refractivity contribution in [1.29, 1.82) is 5.26 Å². The van der Waals surface area contributed by atoms with Crippen LogP contribution in [0.1, 0.15) is 30.5 Å². The second-order valence-electron chi connectivity index (χ2n) is 15.2. The maximum Gasteiger partial charge on any atom is 0.164 e. The topological polar surface area (TPSA) is 101 Å². The van der Waals surface area contributed by atoms with Crippen LogP contribution < -0.4 is 0 Å². The van der Waals surface area contributed by atoms with E-state index in [1.165, 1.54) is 16.7 Å². The molecule has 278 valence electrons.